The molecule has 0 aromatic rings. The topological polar surface area (TPSA) is 17.0 Å². The zero-order valence-corrected chi connectivity index (χ0v) is 13.1. The van der Waals surface area contributed by atoms with E-state index in [0.717, 1.165) is 6.61 Å². The Kier molecular flexibility index (Phi) is 12.4. The van der Waals surface area contributed by atoms with Crippen molar-refractivity contribution < 1.29 is 22.0 Å². The summed E-state index contributed by atoms with van der Waals surface area (Å²) >= 11 is 0. The van der Waals surface area contributed by atoms with E-state index in [4.69, 9.17) is 4.74 Å². The lowest BCUT2D eigenvalue weighted by molar-refractivity contribution is -0.858. The Hall–Kier alpha value is 0.210. The minimum absolute atomic E-state index is 0. The van der Waals surface area contributed by atoms with Gasteiger partial charge in [0.2, 0.25) is 0 Å². The van der Waals surface area contributed by atoms with Gasteiger partial charge in [0.15, 0.2) is 0 Å². The minimum Gasteiger partial charge on any atom is -1.00 e. The van der Waals surface area contributed by atoms with E-state index >= 15 is 0 Å². The molecular weight excluding hydrogens is 246 g/mol. The van der Waals surface area contributed by atoms with Crippen LogP contribution in [0.15, 0.2) is 0 Å². The van der Waals surface area contributed by atoms with Crippen molar-refractivity contribution in [1.82, 2.24) is 0 Å². The maximum Gasteiger partial charge on any atom is 0.0810 e. The average Bonchev–Trinajstić information content (AvgIpc) is 3.09. The minimum atomic E-state index is 0. The maximum absolute atomic E-state index is 5.21. The largest absolute Gasteiger partial charge is 1.00 e. The van der Waals surface area contributed by atoms with E-state index in [2.05, 4.69) is 14.1 Å². The summed E-state index contributed by atoms with van der Waals surface area (Å²) in [5, 5.41) is 0. The van der Waals surface area contributed by atoms with Gasteiger partial charge in [-0.05, 0) is 19.3 Å². The van der Waals surface area contributed by atoms with Crippen molar-refractivity contribution >= 4 is 0 Å². The predicted molar refractivity (Wildman–Crippen MR) is 73.6 cm³/mol. The average molecular weight is 278 g/mol. The second-order valence-corrected chi connectivity index (χ2v) is 5.88. The molecule has 3 heteroatoms. The van der Waals surface area contributed by atoms with Crippen LogP contribution in [0.5, 0.6) is 0 Å². The van der Waals surface area contributed by atoms with Gasteiger partial charge in [-0.3, -0.25) is 0 Å². The summed E-state index contributed by atoms with van der Waals surface area (Å²) in [6, 6.07) is 0. The highest BCUT2D eigenvalue weighted by atomic mass is 35.5. The van der Waals surface area contributed by atoms with Crippen LogP contribution in [0.2, 0.25) is 0 Å². The molecule has 1 fully saturated rings. The fourth-order valence-electron chi connectivity index (χ4n) is 2.32. The molecule has 1 heterocycles. The van der Waals surface area contributed by atoms with E-state index < -0.39 is 0 Å². The van der Waals surface area contributed by atoms with Crippen LogP contribution in [0.4, 0.5) is 0 Å². The van der Waals surface area contributed by atoms with Crippen LogP contribution < -0.4 is 17.3 Å². The van der Waals surface area contributed by atoms with E-state index in [0.29, 0.717) is 6.10 Å². The van der Waals surface area contributed by atoms with Gasteiger partial charge in [-0.2, -0.15) is 0 Å². The number of rotatable bonds is 12. The Balaban J connectivity index is 0.00000289. The first kappa shape index (κ1) is 18.2. The third kappa shape index (κ3) is 12.7. The number of hydrogen-bond acceptors (Lipinski definition) is 1. The standard InChI is InChI=1S/C15H31NO.ClH/c1-16(2)13-11-9-7-5-3-4-6-8-10-12-15-14-17-15;/h15H,3-14H2,1-2H3;1H. The Morgan fingerprint density at radius 2 is 1.28 bits per heavy atom. The second-order valence-electron chi connectivity index (χ2n) is 5.88. The molecule has 0 aliphatic carbocycles. The van der Waals surface area contributed by atoms with Gasteiger partial charge < -0.3 is 22.0 Å². The van der Waals surface area contributed by atoms with Gasteiger partial charge in [0.05, 0.1) is 33.4 Å². The quantitative estimate of drug-likeness (QED) is 0.374. The molecule has 1 unspecified atom stereocenters. The number of halogens is 1. The van der Waals surface area contributed by atoms with Crippen LogP contribution in [0.3, 0.4) is 0 Å². The van der Waals surface area contributed by atoms with Crippen molar-refractivity contribution in [2.75, 3.05) is 27.2 Å². The van der Waals surface area contributed by atoms with Crippen LogP contribution in [-0.4, -0.2) is 33.4 Å². The molecule has 18 heavy (non-hydrogen) atoms. The third-order valence-corrected chi connectivity index (χ3v) is 3.61. The summed E-state index contributed by atoms with van der Waals surface area (Å²) in [4.78, 5) is 1.59. The third-order valence-electron chi connectivity index (χ3n) is 3.61. The molecule has 0 saturated carbocycles. The van der Waals surface area contributed by atoms with Crippen LogP contribution >= 0.6 is 0 Å². The van der Waals surface area contributed by atoms with Gasteiger partial charge in [-0.1, -0.05) is 44.9 Å². The Labute approximate surface area is 120 Å². The molecule has 1 N–H and O–H groups in total. The van der Waals surface area contributed by atoms with Crippen molar-refractivity contribution in [3.05, 3.63) is 0 Å². The van der Waals surface area contributed by atoms with E-state index in [-0.39, 0.29) is 12.4 Å². The normalized spacial score (nSPS) is 17.8. The molecule has 0 radical (unpaired) electrons. The molecular formula is C15H32ClNO. The lowest BCUT2D eigenvalue weighted by atomic mass is 10.1. The zero-order chi connectivity index (χ0) is 12.3. The van der Waals surface area contributed by atoms with Gasteiger partial charge in [0.1, 0.15) is 0 Å². The molecule has 0 aromatic heterocycles. The smallest absolute Gasteiger partial charge is 0.0810 e. The number of hydrogen-bond donors (Lipinski definition) is 1. The molecule has 0 aromatic carbocycles. The van der Waals surface area contributed by atoms with Crippen molar-refractivity contribution in [2.24, 2.45) is 0 Å². The monoisotopic (exact) mass is 277 g/mol. The Morgan fingerprint density at radius 1 is 0.833 bits per heavy atom. The highest BCUT2D eigenvalue weighted by Crippen LogP contribution is 2.18. The number of ether oxygens (including phenoxy) is 1. The van der Waals surface area contributed by atoms with Crippen molar-refractivity contribution in [3.63, 3.8) is 0 Å². The molecule has 0 bridgehead atoms. The number of epoxide rings is 1. The molecule has 0 spiro atoms. The van der Waals surface area contributed by atoms with Crippen molar-refractivity contribution in [3.8, 4) is 0 Å². The SMILES string of the molecule is C[NH+](C)CCCCCCCCCCCC1CO1.[Cl-]. The lowest BCUT2D eigenvalue weighted by Gasteiger charge is -2.06. The Bertz CT molecular complexity index is 162. The summed E-state index contributed by atoms with van der Waals surface area (Å²) in [5.74, 6) is 0. The molecule has 1 saturated heterocycles. The Morgan fingerprint density at radius 3 is 1.72 bits per heavy atom. The van der Waals surface area contributed by atoms with Crippen LogP contribution in [0, 0.1) is 0 Å². The fourth-order valence-corrected chi connectivity index (χ4v) is 2.32. The van der Waals surface area contributed by atoms with E-state index in [1.165, 1.54) is 70.8 Å². The van der Waals surface area contributed by atoms with Gasteiger partial charge >= 0.3 is 0 Å². The van der Waals surface area contributed by atoms with Gasteiger partial charge in [-0.25, -0.2) is 0 Å². The van der Waals surface area contributed by atoms with Crippen LogP contribution in [-0.2, 0) is 4.74 Å². The number of unbranched alkanes of at least 4 members (excludes halogenated alkanes) is 8. The number of quaternary nitrogens is 1. The number of nitrogens with one attached hydrogen (secondary N) is 1. The summed E-state index contributed by atoms with van der Waals surface area (Å²) in [6.45, 7) is 2.37. The molecule has 1 atom stereocenters. The molecule has 1 aliphatic rings. The zero-order valence-electron chi connectivity index (χ0n) is 12.3. The lowest BCUT2D eigenvalue weighted by Crippen LogP contribution is -3.05. The van der Waals surface area contributed by atoms with Gasteiger partial charge in [-0.15, -0.1) is 0 Å². The highest BCUT2D eigenvalue weighted by molar-refractivity contribution is 4.68. The molecule has 2 nitrogen and oxygen atoms in total. The second kappa shape index (κ2) is 12.3. The summed E-state index contributed by atoms with van der Waals surface area (Å²) < 4.78 is 5.21. The maximum atomic E-state index is 5.21. The van der Waals surface area contributed by atoms with Crippen LogP contribution in [0.1, 0.15) is 64.2 Å². The first-order chi connectivity index (χ1) is 8.29. The van der Waals surface area contributed by atoms with Gasteiger partial charge in [0, 0.05) is 0 Å². The van der Waals surface area contributed by atoms with E-state index in [1.54, 1.807) is 4.90 Å². The van der Waals surface area contributed by atoms with Gasteiger partial charge in [0.25, 0.3) is 0 Å². The van der Waals surface area contributed by atoms with Crippen molar-refractivity contribution in [2.45, 2.75) is 70.3 Å². The molecule has 110 valence electrons. The molecule has 1 rings (SSSR count). The molecule has 0 amide bonds. The highest BCUT2D eigenvalue weighted by Gasteiger charge is 2.20. The summed E-state index contributed by atoms with van der Waals surface area (Å²) in [6.07, 6.45) is 14.8. The summed E-state index contributed by atoms with van der Waals surface area (Å²) in [5.41, 5.74) is 0. The van der Waals surface area contributed by atoms with Crippen LogP contribution in [0.25, 0.3) is 0 Å². The molecule has 1 aliphatic heterocycles. The van der Waals surface area contributed by atoms with E-state index in [9.17, 15) is 0 Å². The predicted octanol–water partition coefficient (Wildman–Crippen LogP) is -0.565. The van der Waals surface area contributed by atoms with E-state index in [1.807, 2.05) is 0 Å². The first-order valence-electron chi connectivity index (χ1n) is 7.69. The summed E-state index contributed by atoms with van der Waals surface area (Å²) in [7, 11) is 4.49. The fraction of sp³-hybridized carbons (Fsp3) is 1.00. The first-order valence-corrected chi connectivity index (χ1v) is 7.69. The van der Waals surface area contributed by atoms with Crippen molar-refractivity contribution in [1.29, 1.82) is 0 Å².